The summed E-state index contributed by atoms with van der Waals surface area (Å²) in [6.07, 6.45) is 0.0699. The molecule has 0 aliphatic carbocycles. The zero-order valence-electron chi connectivity index (χ0n) is 19.1. The first kappa shape index (κ1) is 24.9. The van der Waals surface area contributed by atoms with E-state index in [-0.39, 0.29) is 17.4 Å². The van der Waals surface area contributed by atoms with Crippen LogP contribution in [0.1, 0.15) is 43.6 Å². The van der Waals surface area contributed by atoms with Gasteiger partial charge in [0.1, 0.15) is 0 Å². The summed E-state index contributed by atoms with van der Waals surface area (Å²) in [5, 5.41) is 9.55. The van der Waals surface area contributed by atoms with Gasteiger partial charge in [0.05, 0.1) is 12.6 Å². The Morgan fingerprint density at radius 1 is 1.21 bits per heavy atom. The molecule has 29 heavy (non-hydrogen) atoms. The summed E-state index contributed by atoms with van der Waals surface area (Å²) in [4.78, 5) is 19.0. The van der Waals surface area contributed by atoms with Gasteiger partial charge in [-0.1, -0.05) is 32.9 Å². The van der Waals surface area contributed by atoms with Gasteiger partial charge < -0.3 is 25.6 Å². The maximum absolute atomic E-state index is 12.3. The molecule has 1 aromatic carbocycles. The fourth-order valence-electron chi connectivity index (χ4n) is 2.75. The number of hydrogen-bond acceptors (Lipinski definition) is 4. The van der Waals surface area contributed by atoms with Crippen LogP contribution in [0.3, 0.4) is 0 Å². The molecular formula is C22H39N5O2. The molecule has 1 rings (SSSR count). The van der Waals surface area contributed by atoms with Crippen molar-refractivity contribution in [2.45, 2.75) is 40.3 Å². The first-order chi connectivity index (χ1) is 13.7. The minimum Gasteiger partial charge on any atom is -0.379 e. The Labute approximate surface area is 176 Å². The van der Waals surface area contributed by atoms with Crippen LogP contribution in [0.5, 0.6) is 0 Å². The van der Waals surface area contributed by atoms with Crippen LogP contribution in [0, 0.1) is 5.41 Å². The number of aliphatic imine (C=N–C) groups is 1. The lowest BCUT2D eigenvalue weighted by atomic mass is 9.89. The number of nitrogens with zero attached hydrogens (tertiary/aromatic N) is 2. The van der Waals surface area contributed by atoms with Crippen LogP contribution in [0.15, 0.2) is 29.3 Å². The fraction of sp³-hybridized carbons (Fsp3) is 0.636. The van der Waals surface area contributed by atoms with Gasteiger partial charge in [0, 0.05) is 38.9 Å². The van der Waals surface area contributed by atoms with Crippen LogP contribution in [-0.4, -0.2) is 70.3 Å². The van der Waals surface area contributed by atoms with Crippen molar-refractivity contribution in [1.29, 1.82) is 0 Å². The molecule has 0 saturated carbocycles. The monoisotopic (exact) mass is 405 g/mol. The number of amides is 1. The van der Waals surface area contributed by atoms with Gasteiger partial charge in [-0.3, -0.25) is 4.79 Å². The second-order valence-corrected chi connectivity index (χ2v) is 8.43. The SMILES string of the molecule is CCNC(=NCc1cccc(C(=O)NCCN(C)C)c1)NCC(OC)C(C)(C)C. The summed E-state index contributed by atoms with van der Waals surface area (Å²) < 4.78 is 5.60. The van der Waals surface area contributed by atoms with E-state index in [9.17, 15) is 4.79 Å². The van der Waals surface area contributed by atoms with Crippen molar-refractivity contribution in [2.75, 3.05) is 47.4 Å². The number of methoxy groups -OCH3 is 1. The second-order valence-electron chi connectivity index (χ2n) is 8.43. The quantitative estimate of drug-likeness (QED) is 0.410. The van der Waals surface area contributed by atoms with Crippen molar-refractivity contribution in [3.8, 4) is 0 Å². The summed E-state index contributed by atoms with van der Waals surface area (Å²) in [6.45, 7) is 11.9. The van der Waals surface area contributed by atoms with Crippen molar-refractivity contribution in [3.05, 3.63) is 35.4 Å². The highest BCUT2D eigenvalue weighted by atomic mass is 16.5. The molecule has 0 aromatic heterocycles. The molecular weight excluding hydrogens is 366 g/mol. The van der Waals surface area contributed by atoms with E-state index in [1.165, 1.54) is 0 Å². The molecule has 1 unspecified atom stereocenters. The summed E-state index contributed by atoms with van der Waals surface area (Å²) in [7, 11) is 5.70. The molecule has 0 heterocycles. The Balaban J connectivity index is 2.73. The maximum atomic E-state index is 12.3. The highest BCUT2D eigenvalue weighted by molar-refractivity contribution is 5.94. The van der Waals surface area contributed by atoms with E-state index in [2.05, 4.69) is 41.7 Å². The number of ether oxygens (including phenoxy) is 1. The molecule has 7 nitrogen and oxygen atoms in total. The highest BCUT2D eigenvalue weighted by Crippen LogP contribution is 2.20. The molecule has 0 aliphatic rings. The number of rotatable bonds is 10. The van der Waals surface area contributed by atoms with E-state index in [1.54, 1.807) is 7.11 Å². The number of carbonyl (C=O) groups excluding carboxylic acids is 1. The predicted octanol–water partition coefficient (Wildman–Crippen LogP) is 2.09. The molecule has 0 bridgehead atoms. The molecule has 164 valence electrons. The van der Waals surface area contributed by atoms with Crippen molar-refractivity contribution in [3.63, 3.8) is 0 Å². The average molecular weight is 406 g/mol. The molecule has 0 saturated heterocycles. The van der Waals surface area contributed by atoms with Gasteiger partial charge in [0.25, 0.3) is 5.91 Å². The fourth-order valence-corrected chi connectivity index (χ4v) is 2.75. The number of likely N-dealkylation sites (N-methyl/N-ethyl adjacent to an activating group) is 1. The van der Waals surface area contributed by atoms with E-state index in [0.717, 1.165) is 24.6 Å². The summed E-state index contributed by atoms with van der Waals surface area (Å²) in [6, 6.07) is 7.60. The third-order valence-electron chi connectivity index (χ3n) is 4.50. The lowest BCUT2D eigenvalue weighted by Gasteiger charge is -2.30. The number of hydrogen-bond donors (Lipinski definition) is 3. The van der Waals surface area contributed by atoms with Crippen LogP contribution >= 0.6 is 0 Å². The van der Waals surface area contributed by atoms with E-state index in [1.807, 2.05) is 50.2 Å². The summed E-state index contributed by atoms with van der Waals surface area (Å²) in [5.74, 6) is 0.676. The maximum Gasteiger partial charge on any atom is 0.251 e. The van der Waals surface area contributed by atoms with Crippen molar-refractivity contribution in [2.24, 2.45) is 10.4 Å². The number of nitrogens with one attached hydrogen (secondary N) is 3. The Hall–Kier alpha value is -2.12. The third kappa shape index (κ3) is 9.76. The minimum atomic E-state index is -0.0594. The van der Waals surface area contributed by atoms with Crippen molar-refractivity contribution in [1.82, 2.24) is 20.9 Å². The molecule has 7 heteroatoms. The summed E-state index contributed by atoms with van der Waals surface area (Å²) >= 11 is 0. The van der Waals surface area contributed by atoms with E-state index in [0.29, 0.717) is 25.2 Å². The number of guanidine groups is 1. The molecule has 3 N–H and O–H groups in total. The third-order valence-corrected chi connectivity index (χ3v) is 4.50. The van der Waals surface area contributed by atoms with Gasteiger partial charge in [0.2, 0.25) is 0 Å². The van der Waals surface area contributed by atoms with E-state index in [4.69, 9.17) is 4.74 Å². The van der Waals surface area contributed by atoms with Gasteiger partial charge in [-0.25, -0.2) is 4.99 Å². The highest BCUT2D eigenvalue weighted by Gasteiger charge is 2.24. The van der Waals surface area contributed by atoms with Crippen LogP contribution in [0.2, 0.25) is 0 Å². The molecule has 1 amide bonds. The van der Waals surface area contributed by atoms with Gasteiger partial charge in [-0.15, -0.1) is 0 Å². The van der Waals surface area contributed by atoms with Crippen LogP contribution in [0.25, 0.3) is 0 Å². The zero-order valence-corrected chi connectivity index (χ0v) is 19.1. The Morgan fingerprint density at radius 2 is 1.93 bits per heavy atom. The van der Waals surface area contributed by atoms with Gasteiger partial charge in [0.15, 0.2) is 5.96 Å². The van der Waals surface area contributed by atoms with Crippen molar-refractivity contribution < 1.29 is 9.53 Å². The van der Waals surface area contributed by atoms with Crippen LogP contribution in [-0.2, 0) is 11.3 Å². The normalized spacial score (nSPS) is 13.3. The average Bonchev–Trinajstić information content (AvgIpc) is 2.65. The molecule has 0 spiro atoms. The van der Waals surface area contributed by atoms with Gasteiger partial charge >= 0.3 is 0 Å². The topological polar surface area (TPSA) is 78.0 Å². The second kappa shape index (κ2) is 12.4. The lowest BCUT2D eigenvalue weighted by molar-refractivity contribution is 0.0205. The summed E-state index contributed by atoms with van der Waals surface area (Å²) in [5.41, 5.74) is 1.68. The largest absolute Gasteiger partial charge is 0.379 e. The smallest absolute Gasteiger partial charge is 0.251 e. The standard InChI is InChI=1S/C22H39N5O2/c1-8-23-21(26-16-19(29-7)22(2,3)4)25-15-17-10-9-11-18(14-17)20(28)24-12-13-27(5)6/h9-11,14,19H,8,12-13,15-16H2,1-7H3,(H,24,28)(H2,23,25,26). The van der Waals surface area contributed by atoms with Crippen LogP contribution < -0.4 is 16.0 Å². The Morgan fingerprint density at radius 3 is 2.52 bits per heavy atom. The van der Waals surface area contributed by atoms with Gasteiger partial charge in [-0.2, -0.15) is 0 Å². The Kier molecular flexibility index (Phi) is 10.7. The Bertz CT molecular complexity index is 653. The number of benzene rings is 1. The van der Waals surface area contributed by atoms with Crippen molar-refractivity contribution >= 4 is 11.9 Å². The van der Waals surface area contributed by atoms with E-state index >= 15 is 0 Å². The molecule has 1 atom stereocenters. The molecule has 0 radical (unpaired) electrons. The zero-order chi connectivity index (χ0) is 21.9. The lowest BCUT2D eigenvalue weighted by Crippen LogP contribution is -2.45. The first-order valence-corrected chi connectivity index (χ1v) is 10.2. The van der Waals surface area contributed by atoms with Gasteiger partial charge in [-0.05, 0) is 44.1 Å². The van der Waals surface area contributed by atoms with E-state index < -0.39 is 0 Å². The predicted molar refractivity (Wildman–Crippen MR) is 120 cm³/mol. The molecule has 1 aromatic rings. The van der Waals surface area contributed by atoms with Crippen LogP contribution in [0.4, 0.5) is 0 Å². The molecule has 0 aliphatic heterocycles. The molecule has 0 fully saturated rings. The minimum absolute atomic E-state index is 0.0351. The first-order valence-electron chi connectivity index (χ1n) is 10.2. The number of carbonyl (C=O) groups is 1.